The average Bonchev–Trinajstić information content (AvgIpc) is 2.50. The zero-order valence-corrected chi connectivity index (χ0v) is 14.7. The van der Waals surface area contributed by atoms with Crippen molar-refractivity contribution in [2.45, 2.75) is 70.5 Å². The zero-order valence-electron chi connectivity index (χ0n) is 13.9. The summed E-state index contributed by atoms with van der Waals surface area (Å²) >= 11 is 1.59. The predicted octanol–water partition coefficient (Wildman–Crippen LogP) is 4.79. The summed E-state index contributed by atoms with van der Waals surface area (Å²) in [5.41, 5.74) is 0. The maximum atomic E-state index is 4.59. The van der Waals surface area contributed by atoms with Crippen LogP contribution < -0.4 is 10.6 Å². The molecule has 0 saturated heterocycles. The molecule has 0 aromatic carbocycles. The minimum absolute atomic E-state index is 0.513. The molecule has 120 valence electrons. The van der Waals surface area contributed by atoms with Gasteiger partial charge in [0.2, 0.25) is 0 Å². The topological polar surface area (TPSA) is 49.8 Å². The van der Waals surface area contributed by atoms with Gasteiger partial charge >= 0.3 is 0 Å². The largest absolute Gasteiger partial charge is 0.370 e. The highest BCUT2D eigenvalue weighted by Crippen LogP contribution is 2.20. The lowest BCUT2D eigenvalue weighted by atomic mass is 10.1. The second-order valence-corrected chi connectivity index (χ2v) is 6.10. The molecule has 0 aliphatic rings. The van der Waals surface area contributed by atoms with E-state index in [1.165, 1.54) is 32.1 Å². The second-order valence-electron chi connectivity index (χ2n) is 5.32. The van der Waals surface area contributed by atoms with Crippen LogP contribution in [-0.2, 0) is 0 Å². The minimum atomic E-state index is 0.513. The van der Waals surface area contributed by atoms with E-state index >= 15 is 0 Å². The number of rotatable bonds is 11. The van der Waals surface area contributed by atoms with Gasteiger partial charge in [0, 0.05) is 18.7 Å². The molecular weight excluding hydrogens is 280 g/mol. The molecule has 2 N–H and O–H groups in total. The maximum Gasteiger partial charge on any atom is 0.191 e. The molecule has 0 saturated carbocycles. The molecule has 1 aromatic rings. The van der Waals surface area contributed by atoms with Crippen LogP contribution in [0.25, 0.3) is 0 Å². The fourth-order valence-corrected chi connectivity index (χ4v) is 2.61. The standard InChI is InChI=1S/C16H30N4S/c1-5-8-10-13(9-6-2)18-15-12-14(17-11-7-3)19-16(20-15)21-4/h12-13H,5-11H2,1-4H3,(H2,17,18,19,20). The lowest BCUT2D eigenvalue weighted by molar-refractivity contribution is 0.562. The third-order valence-corrected chi connectivity index (χ3v) is 3.89. The Morgan fingerprint density at radius 3 is 2.43 bits per heavy atom. The van der Waals surface area contributed by atoms with Crippen LogP contribution in [0.3, 0.4) is 0 Å². The summed E-state index contributed by atoms with van der Waals surface area (Å²) in [7, 11) is 0. The van der Waals surface area contributed by atoms with Crippen molar-refractivity contribution in [3.05, 3.63) is 6.07 Å². The Morgan fingerprint density at radius 1 is 1.05 bits per heavy atom. The van der Waals surface area contributed by atoms with Gasteiger partial charge in [-0.1, -0.05) is 51.8 Å². The highest BCUT2D eigenvalue weighted by atomic mass is 32.2. The number of nitrogens with one attached hydrogen (secondary N) is 2. The first kappa shape index (κ1) is 18.1. The average molecular weight is 311 g/mol. The summed E-state index contributed by atoms with van der Waals surface area (Å²) in [6.45, 7) is 7.58. The van der Waals surface area contributed by atoms with Crippen LogP contribution in [0.2, 0.25) is 0 Å². The molecule has 1 rings (SSSR count). The van der Waals surface area contributed by atoms with Crippen molar-refractivity contribution in [2.75, 3.05) is 23.4 Å². The Kier molecular flexibility index (Phi) is 9.22. The molecule has 0 fully saturated rings. The Labute approximate surface area is 133 Å². The maximum absolute atomic E-state index is 4.59. The fourth-order valence-electron chi connectivity index (χ4n) is 2.23. The Bertz CT molecular complexity index is 398. The quantitative estimate of drug-likeness (QED) is 0.454. The van der Waals surface area contributed by atoms with Crippen LogP contribution in [0.15, 0.2) is 11.2 Å². The first-order valence-corrected chi connectivity index (χ1v) is 9.39. The van der Waals surface area contributed by atoms with Crippen LogP contribution in [-0.4, -0.2) is 28.8 Å². The smallest absolute Gasteiger partial charge is 0.191 e. The van der Waals surface area contributed by atoms with Crippen LogP contribution in [0, 0.1) is 0 Å². The molecule has 21 heavy (non-hydrogen) atoms. The Morgan fingerprint density at radius 2 is 1.81 bits per heavy atom. The molecule has 0 radical (unpaired) electrons. The van der Waals surface area contributed by atoms with Gasteiger partial charge in [0.05, 0.1) is 0 Å². The van der Waals surface area contributed by atoms with Gasteiger partial charge in [-0.05, 0) is 25.5 Å². The Balaban J connectivity index is 2.77. The molecule has 0 aliphatic heterocycles. The van der Waals surface area contributed by atoms with Crippen molar-refractivity contribution >= 4 is 23.4 Å². The van der Waals surface area contributed by atoms with Crippen LogP contribution in [0.5, 0.6) is 0 Å². The number of aromatic nitrogens is 2. The lowest BCUT2D eigenvalue weighted by Crippen LogP contribution is -2.20. The van der Waals surface area contributed by atoms with E-state index in [0.717, 1.165) is 29.8 Å². The van der Waals surface area contributed by atoms with Gasteiger partial charge < -0.3 is 10.6 Å². The van der Waals surface area contributed by atoms with Gasteiger partial charge in [0.25, 0.3) is 0 Å². The first-order valence-electron chi connectivity index (χ1n) is 8.16. The number of hydrogen-bond acceptors (Lipinski definition) is 5. The van der Waals surface area contributed by atoms with Gasteiger partial charge in [0.1, 0.15) is 11.6 Å². The number of nitrogens with zero attached hydrogens (tertiary/aromatic N) is 2. The number of thioether (sulfide) groups is 1. The third-order valence-electron chi connectivity index (χ3n) is 3.34. The van der Waals surface area contributed by atoms with E-state index in [1.54, 1.807) is 11.8 Å². The summed E-state index contributed by atoms with van der Waals surface area (Å²) < 4.78 is 0. The van der Waals surface area contributed by atoms with Gasteiger partial charge in [-0.2, -0.15) is 0 Å². The van der Waals surface area contributed by atoms with Gasteiger partial charge in [0.15, 0.2) is 5.16 Å². The van der Waals surface area contributed by atoms with Crippen molar-refractivity contribution in [1.29, 1.82) is 0 Å². The van der Waals surface area contributed by atoms with Crippen molar-refractivity contribution in [3.8, 4) is 0 Å². The van der Waals surface area contributed by atoms with Crippen LogP contribution >= 0.6 is 11.8 Å². The van der Waals surface area contributed by atoms with Gasteiger partial charge in [-0.15, -0.1) is 0 Å². The molecule has 1 unspecified atom stereocenters. The zero-order chi connectivity index (χ0) is 15.5. The lowest BCUT2D eigenvalue weighted by Gasteiger charge is -2.19. The van der Waals surface area contributed by atoms with E-state index in [1.807, 2.05) is 12.3 Å². The molecule has 1 atom stereocenters. The van der Waals surface area contributed by atoms with Crippen molar-refractivity contribution in [1.82, 2.24) is 9.97 Å². The van der Waals surface area contributed by atoms with E-state index in [-0.39, 0.29) is 0 Å². The number of hydrogen-bond donors (Lipinski definition) is 2. The summed E-state index contributed by atoms with van der Waals surface area (Å²) in [5.74, 6) is 1.87. The first-order chi connectivity index (χ1) is 10.2. The SMILES string of the molecule is CCCCC(CCC)Nc1cc(NCCC)nc(SC)n1. The number of anilines is 2. The highest BCUT2D eigenvalue weighted by Gasteiger charge is 2.10. The Hall–Kier alpha value is -0.970. The third kappa shape index (κ3) is 7.02. The molecule has 0 spiro atoms. The van der Waals surface area contributed by atoms with Crippen LogP contribution in [0.1, 0.15) is 59.3 Å². The summed E-state index contributed by atoms with van der Waals surface area (Å²) in [6.07, 6.45) is 9.21. The molecule has 1 heterocycles. The molecular formula is C16H30N4S. The molecule has 0 amide bonds. The van der Waals surface area contributed by atoms with Crippen molar-refractivity contribution < 1.29 is 0 Å². The molecule has 0 bridgehead atoms. The van der Waals surface area contributed by atoms with E-state index in [9.17, 15) is 0 Å². The monoisotopic (exact) mass is 310 g/mol. The summed E-state index contributed by atoms with van der Waals surface area (Å²) in [6, 6.07) is 2.54. The van der Waals surface area contributed by atoms with Crippen molar-refractivity contribution in [2.24, 2.45) is 0 Å². The predicted molar refractivity (Wildman–Crippen MR) is 94.4 cm³/mol. The van der Waals surface area contributed by atoms with Crippen LogP contribution in [0.4, 0.5) is 11.6 Å². The molecule has 4 nitrogen and oxygen atoms in total. The minimum Gasteiger partial charge on any atom is -0.370 e. The van der Waals surface area contributed by atoms with Gasteiger partial charge in [-0.3, -0.25) is 0 Å². The normalized spacial score (nSPS) is 12.2. The van der Waals surface area contributed by atoms with Crippen molar-refractivity contribution in [3.63, 3.8) is 0 Å². The summed E-state index contributed by atoms with van der Waals surface area (Å²) in [4.78, 5) is 9.10. The van der Waals surface area contributed by atoms with E-state index in [4.69, 9.17) is 0 Å². The fraction of sp³-hybridized carbons (Fsp3) is 0.750. The summed E-state index contributed by atoms with van der Waals surface area (Å²) in [5, 5.41) is 7.78. The van der Waals surface area contributed by atoms with Gasteiger partial charge in [-0.25, -0.2) is 9.97 Å². The molecule has 0 aliphatic carbocycles. The molecule has 1 aromatic heterocycles. The highest BCUT2D eigenvalue weighted by molar-refractivity contribution is 7.98. The molecule has 5 heteroatoms. The second kappa shape index (κ2) is 10.7. The van der Waals surface area contributed by atoms with E-state index in [0.29, 0.717) is 6.04 Å². The van der Waals surface area contributed by atoms with E-state index < -0.39 is 0 Å². The number of unbranched alkanes of at least 4 members (excludes halogenated alkanes) is 1. The van der Waals surface area contributed by atoms with E-state index in [2.05, 4.69) is 41.4 Å².